The lowest BCUT2D eigenvalue weighted by Crippen LogP contribution is -2.08. The van der Waals surface area contributed by atoms with E-state index in [1.54, 1.807) is 18.7 Å². The van der Waals surface area contributed by atoms with Crippen LogP contribution in [0.5, 0.6) is 0 Å². The molecule has 3 aromatic rings. The first-order valence-electron chi connectivity index (χ1n) is 6.36. The van der Waals surface area contributed by atoms with Crippen molar-refractivity contribution in [2.45, 2.75) is 0 Å². The lowest BCUT2D eigenvalue weighted by Gasteiger charge is -2.04. The molecule has 0 saturated carbocycles. The van der Waals surface area contributed by atoms with Crippen LogP contribution in [0.3, 0.4) is 0 Å². The number of aromatic nitrogens is 4. The smallest absolute Gasteiger partial charge is 0.222 e. The first kappa shape index (κ1) is 12.6. The van der Waals surface area contributed by atoms with E-state index < -0.39 is 0 Å². The number of anilines is 1. The zero-order valence-electron chi connectivity index (χ0n) is 11.1. The van der Waals surface area contributed by atoms with E-state index >= 15 is 0 Å². The zero-order chi connectivity index (χ0) is 13.9. The van der Waals surface area contributed by atoms with Crippen LogP contribution in [0.1, 0.15) is 0 Å². The van der Waals surface area contributed by atoms with Crippen molar-refractivity contribution in [1.29, 1.82) is 0 Å². The van der Waals surface area contributed by atoms with E-state index in [0.717, 1.165) is 22.2 Å². The largest absolute Gasteiger partial charge is 0.395 e. The number of benzene rings is 1. The summed E-state index contributed by atoms with van der Waals surface area (Å²) in [5.41, 5.74) is 4.01. The lowest BCUT2D eigenvalue weighted by atomic mass is 10.1. The van der Waals surface area contributed by atoms with Gasteiger partial charge in [0.25, 0.3) is 0 Å². The summed E-state index contributed by atoms with van der Waals surface area (Å²) in [7, 11) is 1.97. The van der Waals surface area contributed by atoms with Gasteiger partial charge in [-0.1, -0.05) is 6.07 Å². The van der Waals surface area contributed by atoms with Gasteiger partial charge in [-0.05, 0) is 17.7 Å². The molecule has 6 heteroatoms. The van der Waals surface area contributed by atoms with Crippen LogP contribution < -0.4 is 5.32 Å². The minimum atomic E-state index is 0.0570. The summed E-state index contributed by atoms with van der Waals surface area (Å²) in [5.74, 6) is 0.515. The Morgan fingerprint density at radius 3 is 2.70 bits per heavy atom. The second kappa shape index (κ2) is 5.26. The second-order valence-electron chi connectivity index (χ2n) is 4.50. The van der Waals surface area contributed by atoms with Crippen LogP contribution in [0.15, 0.2) is 36.9 Å². The average molecular weight is 269 g/mol. The summed E-state index contributed by atoms with van der Waals surface area (Å²) < 4.78 is 1.98. The highest BCUT2D eigenvalue weighted by atomic mass is 16.3. The molecule has 102 valence electrons. The number of aryl methyl sites for hydroxylation is 1. The molecule has 0 saturated heterocycles. The number of imidazole rings is 1. The molecule has 0 fully saturated rings. The molecule has 0 spiro atoms. The number of aliphatic hydroxyl groups is 1. The van der Waals surface area contributed by atoms with Gasteiger partial charge in [0.1, 0.15) is 0 Å². The third-order valence-electron chi connectivity index (χ3n) is 3.11. The monoisotopic (exact) mass is 269 g/mol. The molecule has 0 amide bonds. The van der Waals surface area contributed by atoms with Gasteiger partial charge in [0.2, 0.25) is 5.95 Å². The number of nitrogens with zero attached hydrogens (tertiary/aromatic N) is 4. The first-order valence-corrected chi connectivity index (χ1v) is 6.36. The van der Waals surface area contributed by atoms with Crippen molar-refractivity contribution in [1.82, 2.24) is 19.5 Å². The molecule has 6 nitrogen and oxygen atoms in total. The molecule has 2 N–H and O–H groups in total. The van der Waals surface area contributed by atoms with Gasteiger partial charge in [-0.3, -0.25) is 0 Å². The number of hydrogen-bond donors (Lipinski definition) is 2. The summed E-state index contributed by atoms with van der Waals surface area (Å²) in [4.78, 5) is 12.8. The fourth-order valence-corrected chi connectivity index (χ4v) is 2.05. The van der Waals surface area contributed by atoms with Crippen LogP contribution in [0.25, 0.3) is 22.2 Å². The fraction of sp³-hybridized carbons (Fsp3) is 0.214. The first-order chi connectivity index (χ1) is 9.78. The minimum absolute atomic E-state index is 0.0570. The van der Waals surface area contributed by atoms with Gasteiger partial charge in [-0.25, -0.2) is 15.0 Å². The van der Waals surface area contributed by atoms with Gasteiger partial charge in [-0.2, -0.15) is 0 Å². The number of aliphatic hydroxyl groups excluding tert-OH is 1. The Kier molecular flexibility index (Phi) is 3.30. The molecule has 2 heterocycles. The van der Waals surface area contributed by atoms with E-state index in [1.807, 2.05) is 29.8 Å². The summed E-state index contributed by atoms with van der Waals surface area (Å²) in [6, 6.07) is 6.09. The van der Waals surface area contributed by atoms with Gasteiger partial charge in [0.05, 0.1) is 24.0 Å². The highest BCUT2D eigenvalue weighted by Gasteiger charge is 2.04. The molecule has 0 atom stereocenters. The van der Waals surface area contributed by atoms with Gasteiger partial charge >= 0.3 is 0 Å². The molecular weight excluding hydrogens is 254 g/mol. The molecule has 0 unspecified atom stereocenters. The van der Waals surface area contributed by atoms with Crippen molar-refractivity contribution >= 4 is 17.0 Å². The fourth-order valence-electron chi connectivity index (χ4n) is 2.05. The van der Waals surface area contributed by atoms with Crippen molar-refractivity contribution < 1.29 is 5.11 Å². The molecule has 0 aliphatic heterocycles. The Bertz CT molecular complexity index is 720. The van der Waals surface area contributed by atoms with E-state index in [2.05, 4.69) is 20.3 Å². The van der Waals surface area contributed by atoms with Crippen molar-refractivity contribution in [2.24, 2.45) is 7.05 Å². The molecule has 2 aromatic heterocycles. The average Bonchev–Trinajstić information content (AvgIpc) is 2.86. The maximum absolute atomic E-state index is 8.74. The molecule has 0 aliphatic carbocycles. The Morgan fingerprint density at radius 2 is 1.95 bits per heavy atom. The van der Waals surface area contributed by atoms with Crippen LogP contribution in [-0.4, -0.2) is 37.8 Å². The van der Waals surface area contributed by atoms with E-state index in [4.69, 9.17) is 5.11 Å². The van der Waals surface area contributed by atoms with E-state index in [-0.39, 0.29) is 6.61 Å². The quantitative estimate of drug-likeness (QED) is 0.749. The summed E-state index contributed by atoms with van der Waals surface area (Å²) in [6.07, 6.45) is 5.32. The third-order valence-corrected chi connectivity index (χ3v) is 3.11. The van der Waals surface area contributed by atoms with Crippen molar-refractivity contribution in [2.75, 3.05) is 18.5 Å². The maximum Gasteiger partial charge on any atom is 0.222 e. The molecule has 0 aliphatic rings. The minimum Gasteiger partial charge on any atom is -0.395 e. The summed E-state index contributed by atoms with van der Waals surface area (Å²) in [6.45, 7) is 0.501. The van der Waals surface area contributed by atoms with Crippen LogP contribution in [0, 0.1) is 0 Å². The topological polar surface area (TPSA) is 75.9 Å². The van der Waals surface area contributed by atoms with E-state index in [1.165, 1.54) is 0 Å². The van der Waals surface area contributed by atoms with E-state index in [9.17, 15) is 0 Å². The standard InChI is InChI=1S/C14H15N5O/c1-19-9-18-12-6-10(2-3-13(12)19)11-7-16-14(17-8-11)15-4-5-20/h2-3,6-9,20H,4-5H2,1H3,(H,15,16,17). The van der Waals surface area contributed by atoms with Crippen LogP contribution in [-0.2, 0) is 7.05 Å². The Labute approximate surface area is 116 Å². The summed E-state index contributed by atoms with van der Waals surface area (Å²) in [5, 5.41) is 11.7. The number of hydrogen-bond acceptors (Lipinski definition) is 5. The van der Waals surface area contributed by atoms with Crippen molar-refractivity contribution in [3.05, 3.63) is 36.9 Å². The number of rotatable bonds is 4. The SMILES string of the molecule is Cn1cnc2cc(-c3cnc(NCCO)nc3)ccc21. The van der Waals surface area contributed by atoms with E-state index in [0.29, 0.717) is 12.5 Å². The van der Waals surface area contributed by atoms with Gasteiger partial charge in [0.15, 0.2) is 0 Å². The van der Waals surface area contributed by atoms with Gasteiger partial charge in [-0.15, -0.1) is 0 Å². The predicted molar refractivity (Wildman–Crippen MR) is 77.3 cm³/mol. The molecule has 3 rings (SSSR count). The second-order valence-corrected chi connectivity index (χ2v) is 4.50. The zero-order valence-corrected chi connectivity index (χ0v) is 11.1. The maximum atomic E-state index is 8.74. The van der Waals surface area contributed by atoms with Crippen LogP contribution in [0.4, 0.5) is 5.95 Å². The molecule has 0 radical (unpaired) electrons. The Morgan fingerprint density at radius 1 is 1.15 bits per heavy atom. The highest BCUT2D eigenvalue weighted by Crippen LogP contribution is 2.22. The highest BCUT2D eigenvalue weighted by molar-refractivity contribution is 5.81. The Hall–Kier alpha value is -2.47. The lowest BCUT2D eigenvalue weighted by molar-refractivity contribution is 0.311. The molecule has 20 heavy (non-hydrogen) atoms. The van der Waals surface area contributed by atoms with Crippen LogP contribution in [0.2, 0.25) is 0 Å². The Balaban J connectivity index is 1.90. The van der Waals surface area contributed by atoms with Crippen molar-refractivity contribution in [3.63, 3.8) is 0 Å². The van der Waals surface area contributed by atoms with Gasteiger partial charge < -0.3 is 15.0 Å². The van der Waals surface area contributed by atoms with Crippen molar-refractivity contribution in [3.8, 4) is 11.1 Å². The molecular formula is C14H15N5O. The number of nitrogens with one attached hydrogen (secondary N) is 1. The predicted octanol–water partition coefficient (Wildman–Crippen LogP) is 1.43. The normalized spacial score (nSPS) is 10.9. The summed E-state index contributed by atoms with van der Waals surface area (Å²) >= 11 is 0. The van der Waals surface area contributed by atoms with Gasteiger partial charge in [0, 0.05) is 31.5 Å². The molecule has 0 bridgehead atoms. The molecule has 1 aromatic carbocycles. The third kappa shape index (κ3) is 2.33. The number of fused-ring (bicyclic) bond motifs is 1. The van der Waals surface area contributed by atoms with Crippen LogP contribution >= 0.6 is 0 Å².